The van der Waals surface area contributed by atoms with E-state index in [0.29, 0.717) is 63.0 Å². The third kappa shape index (κ3) is 10.7. The van der Waals surface area contributed by atoms with Crippen molar-refractivity contribution in [1.82, 2.24) is 29.0 Å². The molecule has 0 aliphatic carbocycles. The first-order valence-corrected chi connectivity index (χ1v) is 30.0. The van der Waals surface area contributed by atoms with Crippen molar-refractivity contribution in [3.8, 4) is 11.5 Å². The minimum atomic E-state index is -3.85. The number of phenols is 2. The number of likely N-dealkylation sites (N-methyl/N-ethyl adjacent to an activating group) is 2. The van der Waals surface area contributed by atoms with Crippen molar-refractivity contribution in [1.29, 1.82) is 0 Å². The molecule has 19 heteroatoms. The molecule has 0 aromatic heterocycles. The van der Waals surface area contributed by atoms with Gasteiger partial charge in [0.2, 0.25) is 20.0 Å². The fourth-order valence-electron chi connectivity index (χ4n) is 13.9. The van der Waals surface area contributed by atoms with Crippen molar-refractivity contribution in [3.05, 3.63) is 130 Å². The summed E-state index contributed by atoms with van der Waals surface area (Å²) in [7, 11) is -4.86. The Balaban J connectivity index is 1.49. The number of carbonyl (C=O) groups is 3. The summed E-state index contributed by atoms with van der Waals surface area (Å²) in [5, 5.41) is 28.9. The van der Waals surface area contributed by atoms with Gasteiger partial charge in [-0.3, -0.25) is 24.2 Å². The molecule has 4 aromatic rings. The van der Waals surface area contributed by atoms with Crippen LogP contribution in [0.4, 0.5) is 8.78 Å². The lowest BCUT2D eigenvalue weighted by molar-refractivity contribution is -0.147. The number of phenolic OH excluding ortho intramolecular Hbond substituents is 2. The van der Waals surface area contributed by atoms with E-state index < -0.39 is 95.9 Å². The van der Waals surface area contributed by atoms with Crippen LogP contribution in [0.1, 0.15) is 94.3 Å². The second-order valence-corrected chi connectivity index (χ2v) is 26.3. The average molecular weight is 1090 g/mol. The van der Waals surface area contributed by atoms with Crippen molar-refractivity contribution in [2.75, 3.05) is 79.0 Å². The summed E-state index contributed by atoms with van der Waals surface area (Å²) in [5.74, 6) is -7.03. The van der Waals surface area contributed by atoms with Crippen LogP contribution in [0.5, 0.6) is 11.5 Å². The Morgan fingerprint density at radius 2 is 1.00 bits per heavy atom. The Bertz CT molecular complexity index is 2860. The molecule has 15 nitrogen and oxygen atoms in total. The average Bonchev–Trinajstić information content (AvgIpc) is 3.99. The standard InChI is InChI=1S/C57H74F2N6O9S2/c1-35-43(21-11-23-45(35)58)47-49(39-17-13-25-60-33-39)56(3,64(29-27-62(5)75(7,71)72)51(47)53(68)37-15-9-19-41(66)31-37)55(70)57(4)50(40-18-14-26-61-34-40)48(44-22-12-24-46(59)36(44)2)52(54(69)38-16-10-20-42(67)32-38)65(57)30-28-63(6)76(8,73)74/h9-12,15-16,19-24,31-32,39-40,47-52,60-61,66-67H,13-14,17-18,25-30,33-34H2,1-8H3/t39-,40-,47+,48+,49+,50+,51+,52+,56+,57+/m1/s1. The SMILES string of the molecule is Cc1c(F)cccc1[C@H]1[C@H]([C@@H]2CCCNC2)[C@@](C)(C(=O)[C@]2(C)[C@@H]([C@@H]3CCCNC3)[C@H](c3cccc(F)c3C)[C@@H](C(=O)c3cccc(O)c3)N2CCN(C)S(C)(=O)=O)N(CCN(C)S(C)(=O)=O)[C@@H]1C(=O)c1cccc(O)c1. The monoisotopic (exact) mass is 1090 g/mol. The third-order valence-corrected chi connectivity index (χ3v) is 20.4. The van der Waals surface area contributed by atoms with Gasteiger partial charge in [0.15, 0.2) is 17.3 Å². The number of benzene rings is 4. The summed E-state index contributed by atoms with van der Waals surface area (Å²) >= 11 is 0. The van der Waals surface area contributed by atoms with E-state index in [9.17, 15) is 27.0 Å². The van der Waals surface area contributed by atoms with Crippen LogP contribution in [-0.4, -0.2) is 165 Å². The summed E-state index contributed by atoms with van der Waals surface area (Å²) in [6.07, 6.45) is 4.71. The molecule has 0 radical (unpaired) electrons. The maximum Gasteiger partial charge on any atom is 0.210 e. The number of nitrogens with one attached hydrogen (secondary N) is 2. The van der Waals surface area contributed by atoms with Crippen molar-refractivity contribution < 1.29 is 50.2 Å². The molecule has 0 saturated carbocycles. The first kappa shape index (κ1) is 57.2. The predicted octanol–water partition coefficient (Wildman–Crippen LogP) is 6.10. The van der Waals surface area contributed by atoms with E-state index in [0.717, 1.165) is 21.1 Å². The van der Waals surface area contributed by atoms with E-state index in [1.54, 1.807) is 62.4 Å². The zero-order valence-electron chi connectivity index (χ0n) is 44.8. The first-order chi connectivity index (χ1) is 35.8. The molecule has 8 rings (SSSR count). The molecule has 4 aliphatic rings. The lowest BCUT2D eigenvalue weighted by Crippen LogP contribution is -2.69. The van der Waals surface area contributed by atoms with Crippen LogP contribution in [-0.2, 0) is 24.8 Å². The molecule has 4 aromatic carbocycles. The molecular weight excluding hydrogens is 1010 g/mol. The van der Waals surface area contributed by atoms with E-state index >= 15 is 23.2 Å². The van der Waals surface area contributed by atoms with Gasteiger partial charge in [0.1, 0.15) is 23.1 Å². The second kappa shape index (κ2) is 22.4. The van der Waals surface area contributed by atoms with Crippen molar-refractivity contribution >= 4 is 37.4 Å². The van der Waals surface area contributed by atoms with Crippen molar-refractivity contribution in [2.24, 2.45) is 23.7 Å². The molecule has 0 amide bonds. The molecule has 4 heterocycles. The molecule has 4 N–H and O–H groups in total. The number of halogens is 2. The van der Waals surface area contributed by atoms with Gasteiger partial charge >= 0.3 is 0 Å². The molecule has 4 aliphatic heterocycles. The van der Waals surface area contributed by atoms with Crippen LogP contribution in [0.3, 0.4) is 0 Å². The fourth-order valence-corrected chi connectivity index (χ4v) is 14.8. The summed E-state index contributed by atoms with van der Waals surface area (Å²) in [6, 6.07) is 18.6. The third-order valence-electron chi connectivity index (χ3n) is 17.8. The number of hydrogen-bond donors (Lipinski definition) is 4. The highest BCUT2D eigenvalue weighted by Crippen LogP contribution is 2.61. The number of Topliss-reactive ketones (excluding diaryl/α,β-unsaturated/α-hetero) is 3. The molecule has 412 valence electrons. The van der Waals surface area contributed by atoms with Crippen LogP contribution in [0, 0.1) is 49.2 Å². The van der Waals surface area contributed by atoms with E-state index in [4.69, 9.17) is 0 Å². The summed E-state index contributed by atoms with van der Waals surface area (Å²) in [4.78, 5) is 53.6. The smallest absolute Gasteiger partial charge is 0.210 e. The fraction of sp³-hybridized carbons (Fsp3) is 0.526. The van der Waals surface area contributed by atoms with Crippen LogP contribution in [0.2, 0.25) is 0 Å². The zero-order chi connectivity index (χ0) is 55.2. The van der Waals surface area contributed by atoms with Gasteiger partial charge < -0.3 is 20.8 Å². The summed E-state index contributed by atoms with van der Waals surface area (Å²) < 4.78 is 88.2. The highest BCUT2D eigenvalue weighted by atomic mass is 32.2. The number of rotatable bonds is 18. The summed E-state index contributed by atoms with van der Waals surface area (Å²) in [6.45, 7) is 8.34. The molecule has 4 fully saturated rings. The minimum Gasteiger partial charge on any atom is -0.508 e. The Hall–Kier alpha value is -4.99. The molecule has 76 heavy (non-hydrogen) atoms. The highest BCUT2D eigenvalue weighted by molar-refractivity contribution is 7.88. The number of hydrogen-bond acceptors (Lipinski definition) is 13. The van der Waals surface area contributed by atoms with Crippen molar-refractivity contribution in [3.63, 3.8) is 0 Å². The van der Waals surface area contributed by atoms with Gasteiger partial charge in [0, 0.05) is 63.2 Å². The number of aromatic hydroxyl groups is 2. The number of ketones is 3. The van der Waals surface area contributed by atoms with Gasteiger partial charge in [-0.25, -0.2) is 34.2 Å². The second-order valence-electron chi connectivity index (χ2n) is 22.1. The van der Waals surface area contributed by atoms with Gasteiger partial charge in [0.05, 0.1) is 35.7 Å². The molecule has 4 saturated heterocycles. The Labute approximate surface area is 447 Å². The van der Waals surface area contributed by atoms with E-state index in [-0.39, 0.29) is 71.8 Å². The quantitative estimate of drug-likeness (QED) is 0.0837. The van der Waals surface area contributed by atoms with Crippen LogP contribution in [0.25, 0.3) is 0 Å². The molecular formula is C57H74F2N6O9S2. The van der Waals surface area contributed by atoms with Gasteiger partial charge in [-0.05, 0) is 162 Å². The zero-order valence-corrected chi connectivity index (χ0v) is 46.4. The molecule has 0 bridgehead atoms. The molecule has 10 atom stereocenters. The number of nitrogens with zero attached hydrogens (tertiary/aromatic N) is 4. The maximum absolute atomic E-state index is 18.0. The lowest BCUT2D eigenvalue weighted by atomic mass is 9.59. The summed E-state index contributed by atoms with van der Waals surface area (Å²) in [5.41, 5.74) is -1.85. The molecule has 0 unspecified atom stereocenters. The predicted molar refractivity (Wildman–Crippen MR) is 289 cm³/mol. The van der Waals surface area contributed by atoms with E-state index in [2.05, 4.69) is 10.6 Å². The number of likely N-dealkylation sites (tertiary alicyclic amines) is 2. The number of piperidine rings is 2. The van der Waals surface area contributed by atoms with Gasteiger partial charge in [-0.15, -0.1) is 0 Å². The normalized spacial score (nSPS) is 28.8. The largest absolute Gasteiger partial charge is 0.508 e. The highest BCUT2D eigenvalue weighted by Gasteiger charge is 2.72. The Morgan fingerprint density at radius 1 is 0.632 bits per heavy atom. The molecule has 0 spiro atoms. The lowest BCUT2D eigenvalue weighted by Gasteiger charge is -2.52. The number of sulfonamides is 2. The van der Waals surface area contributed by atoms with Gasteiger partial charge in [-0.2, -0.15) is 0 Å². The van der Waals surface area contributed by atoms with E-state index in [1.807, 2.05) is 23.6 Å². The Kier molecular flexibility index (Phi) is 16.9. The topological polar surface area (TPSA) is 197 Å². The van der Waals surface area contributed by atoms with Crippen LogP contribution >= 0.6 is 0 Å². The van der Waals surface area contributed by atoms with Gasteiger partial charge in [0.25, 0.3) is 0 Å². The minimum absolute atomic E-state index is 0.116. The first-order valence-electron chi connectivity index (χ1n) is 26.3. The maximum atomic E-state index is 18.0. The van der Waals surface area contributed by atoms with E-state index in [1.165, 1.54) is 50.5 Å². The van der Waals surface area contributed by atoms with Gasteiger partial charge in [-0.1, -0.05) is 48.5 Å². The Morgan fingerprint density at radius 3 is 1.33 bits per heavy atom. The van der Waals surface area contributed by atoms with Crippen LogP contribution < -0.4 is 10.6 Å². The van der Waals surface area contributed by atoms with Crippen molar-refractivity contribution in [2.45, 2.75) is 88.4 Å². The number of carbonyl (C=O) groups excluding carboxylic acids is 3. The van der Waals surface area contributed by atoms with Crippen LogP contribution in [0.15, 0.2) is 84.9 Å².